The van der Waals surface area contributed by atoms with Crippen molar-refractivity contribution in [3.8, 4) is 0 Å². The average molecular weight is 244 g/mol. The summed E-state index contributed by atoms with van der Waals surface area (Å²) < 4.78 is 10.6. The van der Waals surface area contributed by atoms with Gasteiger partial charge in [0.2, 0.25) is 0 Å². The zero-order valence-electron chi connectivity index (χ0n) is 11.6. The second-order valence-corrected chi connectivity index (χ2v) is 4.88. The first-order chi connectivity index (χ1) is 8.31. The molecular weight excluding hydrogens is 216 g/mol. The van der Waals surface area contributed by atoms with Gasteiger partial charge in [-0.15, -0.1) is 0 Å². The second-order valence-electron chi connectivity index (χ2n) is 4.88. The highest BCUT2D eigenvalue weighted by Gasteiger charge is 2.25. The van der Waals surface area contributed by atoms with Gasteiger partial charge in [0.1, 0.15) is 0 Å². The summed E-state index contributed by atoms with van der Waals surface area (Å²) in [5, 5.41) is 3.42. The maximum atomic E-state index is 5.34. The molecule has 2 unspecified atom stereocenters. The van der Waals surface area contributed by atoms with Crippen molar-refractivity contribution in [2.24, 2.45) is 5.92 Å². The van der Waals surface area contributed by atoms with Gasteiger partial charge in [-0.1, -0.05) is 6.92 Å². The van der Waals surface area contributed by atoms with Crippen LogP contribution in [0.3, 0.4) is 0 Å². The van der Waals surface area contributed by atoms with E-state index in [1.165, 1.54) is 19.4 Å². The van der Waals surface area contributed by atoms with Gasteiger partial charge in [-0.25, -0.2) is 0 Å². The summed E-state index contributed by atoms with van der Waals surface area (Å²) in [4.78, 5) is 2.55. The zero-order valence-corrected chi connectivity index (χ0v) is 11.6. The van der Waals surface area contributed by atoms with Crippen molar-refractivity contribution < 1.29 is 9.47 Å². The van der Waals surface area contributed by atoms with Crippen molar-refractivity contribution >= 4 is 0 Å². The minimum atomic E-state index is 0.500. The number of ether oxygens (including phenoxy) is 2. The van der Waals surface area contributed by atoms with Crippen LogP contribution in [0.4, 0.5) is 0 Å². The molecule has 1 saturated heterocycles. The van der Waals surface area contributed by atoms with Crippen LogP contribution in [0.25, 0.3) is 0 Å². The Morgan fingerprint density at radius 1 is 1.35 bits per heavy atom. The molecule has 0 aromatic heterocycles. The van der Waals surface area contributed by atoms with Crippen LogP contribution in [0, 0.1) is 5.92 Å². The summed E-state index contributed by atoms with van der Waals surface area (Å²) in [6, 6.07) is 0.500. The fourth-order valence-electron chi connectivity index (χ4n) is 2.60. The normalized spacial score (nSPS) is 23.8. The third-order valence-electron chi connectivity index (χ3n) is 3.46. The van der Waals surface area contributed by atoms with Gasteiger partial charge in [0.05, 0.1) is 13.2 Å². The summed E-state index contributed by atoms with van der Waals surface area (Å²) in [6.45, 7) is 8.23. The first-order valence-corrected chi connectivity index (χ1v) is 6.74. The highest BCUT2D eigenvalue weighted by atomic mass is 16.5. The molecule has 0 amide bonds. The molecule has 0 spiro atoms. The maximum Gasteiger partial charge on any atom is 0.0630 e. The van der Waals surface area contributed by atoms with Crippen LogP contribution < -0.4 is 5.32 Å². The quantitative estimate of drug-likeness (QED) is 0.690. The number of hydrogen-bond donors (Lipinski definition) is 1. The van der Waals surface area contributed by atoms with Crippen LogP contribution in [-0.4, -0.2) is 64.6 Å². The fraction of sp³-hybridized carbons (Fsp3) is 1.00. The highest BCUT2D eigenvalue weighted by molar-refractivity contribution is 4.80. The highest BCUT2D eigenvalue weighted by Crippen LogP contribution is 2.18. The van der Waals surface area contributed by atoms with E-state index in [0.717, 1.165) is 32.8 Å². The number of hydrogen-bond acceptors (Lipinski definition) is 4. The van der Waals surface area contributed by atoms with Crippen molar-refractivity contribution in [1.82, 2.24) is 10.2 Å². The van der Waals surface area contributed by atoms with Gasteiger partial charge < -0.3 is 14.8 Å². The molecule has 0 saturated carbocycles. The van der Waals surface area contributed by atoms with Crippen molar-refractivity contribution in [2.45, 2.75) is 25.8 Å². The number of nitrogens with zero attached hydrogens (tertiary/aromatic N) is 1. The summed E-state index contributed by atoms with van der Waals surface area (Å²) in [5.74, 6) is 0.690. The van der Waals surface area contributed by atoms with Crippen LogP contribution >= 0.6 is 0 Å². The summed E-state index contributed by atoms with van der Waals surface area (Å²) in [6.07, 6.45) is 2.58. The molecule has 0 aromatic rings. The largest absolute Gasteiger partial charge is 0.384 e. The first-order valence-electron chi connectivity index (χ1n) is 6.74. The lowest BCUT2D eigenvalue weighted by molar-refractivity contribution is 0.0367. The predicted octanol–water partition coefficient (Wildman–Crippen LogP) is 0.969. The van der Waals surface area contributed by atoms with Crippen LogP contribution in [0.1, 0.15) is 19.8 Å². The number of piperidine rings is 1. The Bertz CT molecular complexity index is 188. The average Bonchev–Trinajstić information content (AvgIpc) is 2.35. The van der Waals surface area contributed by atoms with Gasteiger partial charge in [-0.3, -0.25) is 4.90 Å². The van der Waals surface area contributed by atoms with E-state index in [4.69, 9.17) is 9.47 Å². The van der Waals surface area contributed by atoms with E-state index >= 15 is 0 Å². The first kappa shape index (κ1) is 14.9. The Morgan fingerprint density at radius 3 is 2.82 bits per heavy atom. The minimum Gasteiger partial charge on any atom is -0.384 e. The number of likely N-dealkylation sites (tertiary alicyclic amines) is 1. The van der Waals surface area contributed by atoms with E-state index in [9.17, 15) is 0 Å². The smallest absolute Gasteiger partial charge is 0.0630 e. The molecule has 1 aliphatic heterocycles. The van der Waals surface area contributed by atoms with Gasteiger partial charge in [0, 0.05) is 33.4 Å². The summed E-state index contributed by atoms with van der Waals surface area (Å²) in [7, 11) is 3.58. The molecule has 1 rings (SSSR count). The van der Waals surface area contributed by atoms with E-state index in [1.54, 1.807) is 14.2 Å². The fourth-order valence-corrected chi connectivity index (χ4v) is 2.60. The number of rotatable bonds is 8. The van der Waals surface area contributed by atoms with Crippen molar-refractivity contribution in [1.29, 1.82) is 0 Å². The second kappa shape index (κ2) is 8.86. The molecule has 1 aliphatic rings. The Balaban J connectivity index is 2.41. The van der Waals surface area contributed by atoms with E-state index in [-0.39, 0.29) is 0 Å². The molecule has 0 radical (unpaired) electrons. The zero-order chi connectivity index (χ0) is 12.5. The van der Waals surface area contributed by atoms with Gasteiger partial charge in [-0.05, 0) is 31.8 Å². The number of methoxy groups -OCH3 is 2. The predicted molar refractivity (Wildman–Crippen MR) is 70.4 cm³/mol. The summed E-state index contributed by atoms with van der Waals surface area (Å²) >= 11 is 0. The van der Waals surface area contributed by atoms with Gasteiger partial charge in [0.15, 0.2) is 0 Å². The van der Waals surface area contributed by atoms with Crippen molar-refractivity contribution in [2.75, 3.05) is 53.6 Å². The molecule has 0 aromatic carbocycles. The third kappa shape index (κ3) is 5.34. The topological polar surface area (TPSA) is 33.7 Å². The van der Waals surface area contributed by atoms with Gasteiger partial charge in [0.25, 0.3) is 0 Å². The molecule has 0 bridgehead atoms. The summed E-state index contributed by atoms with van der Waals surface area (Å²) in [5.41, 5.74) is 0. The molecule has 102 valence electrons. The molecular formula is C13H28N2O2. The Labute approximate surface area is 106 Å². The lowest BCUT2D eigenvalue weighted by atomic mass is 9.97. The molecule has 1 fully saturated rings. The van der Waals surface area contributed by atoms with Crippen LogP contribution in [0.2, 0.25) is 0 Å². The molecule has 17 heavy (non-hydrogen) atoms. The van der Waals surface area contributed by atoms with Crippen molar-refractivity contribution in [3.05, 3.63) is 0 Å². The Kier molecular flexibility index (Phi) is 7.77. The van der Waals surface area contributed by atoms with E-state index in [1.807, 2.05) is 0 Å². The Morgan fingerprint density at radius 2 is 2.18 bits per heavy atom. The van der Waals surface area contributed by atoms with Crippen LogP contribution in [0.15, 0.2) is 0 Å². The molecule has 0 aliphatic carbocycles. The molecule has 1 heterocycles. The minimum absolute atomic E-state index is 0.500. The van der Waals surface area contributed by atoms with Gasteiger partial charge >= 0.3 is 0 Å². The third-order valence-corrected chi connectivity index (χ3v) is 3.46. The number of likely N-dealkylation sites (N-methyl/N-ethyl adjacent to an activating group) is 1. The van der Waals surface area contributed by atoms with E-state index in [0.29, 0.717) is 12.0 Å². The standard InChI is InChI=1S/C13H28N2O2/c1-4-14-8-13(11-17-3)15-7-5-6-12(9-15)10-16-2/h12-14H,4-11H2,1-3H3. The van der Waals surface area contributed by atoms with Crippen molar-refractivity contribution in [3.63, 3.8) is 0 Å². The van der Waals surface area contributed by atoms with Crippen LogP contribution in [0.5, 0.6) is 0 Å². The monoisotopic (exact) mass is 244 g/mol. The lowest BCUT2D eigenvalue weighted by Crippen LogP contribution is -2.50. The maximum absolute atomic E-state index is 5.34. The van der Waals surface area contributed by atoms with Crippen LogP contribution in [-0.2, 0) is 9.47 Å². The lowest BCUT2D eigenvalue weighted by Gasteiger charge is -2.38. The Hall–Kier alpha value is -0.160. The molecule has 2 atom stereocenters. The molecule has 4 heteroatoms. The molecule has 4 nitrogen and oxygen atoms in total. The van der Waals surface area contributed by atoms with E-state index < -0.39 is 0 Å². The number of nitrogens with one attached hydrogen (secondary N) is 1. The van der Waals surface area contributed by atoms with E-state index in [2.05, 4.69) is 17.1 Å². The SMILES string of the molecule is CCNCC(COC)N1CCCC(COC)C1. The van der Waals surface area contributed by atoms with Gasteiger partial charge in [-0.2, -0.15) is 0 Å². The molecule has 1 N–H and O–H groups in total.